The minimum Gasteiger partial charge on any atom is -0.481 e. The minimum absolute atomic E-state index is 0. The maximum absolute atomic E-state index is 12.4. The molecule has 0 aromatic heterocycles. The van der Waals surface area contributed by atoms with Gasteiger partial charge in [-0.3, -0.25) is 4.79 Å². The van der Waals surface area contributed by atoms with Gasteiger partial charge in [-0.15, -0.1) is 0 Å². The lowest BCUT2D eigenvalue weighted by atomic mass is 10.1. The van der Waals surface area contributed by atoms with Crippen LogP contribution in [0.4, 0.5) is 4.39 Å². The zero-order valence-corrected chi connectivity index (χ0v) is 5.75. The zero-order chi connectivity index (χ0) is 8.27. The summed E-state index contributed by atoms with van der Waals surface area (Å²) in [6.07, 6.45) is -0.127. The fourth-order valence-electron chi connectivity index (χ4n) is 0.822. The largest absolute Gasteiger partial charge is 0.481 e. The Morgan fingerprint density at radius 3 is 2.67 bits per heavy atom. The lowest BCUT2D eigenvalue weighted by molar-refractivity contribution is -0.136. The van der Waals surface area contributed by atoms with E-state index >= 15 is 0 Å². The summed E-state index contributed by atoms with van der Waals surface area (Å²) in [7, 11) is 0. The number of hydrogen-bond donors (Lipinski definition) is 1. The van der Waals surface area contributed by atoms with Gasteiger partial charge in [0.15, 0.2) is 0 Å². The molecule has 0 aliphatic rings. The maximum atomic E-state index is 12.4. The normalized spacial score (nSPS) is 8.75. The predicted octanol–water partition coefficient (Wildman–Crippen LogP) is 2.09. The van der Waals surface area contributed by atoms with Crippen LogP contribution >= 0.6 is 0 Å². The Balaban J connectivity index is 0.00000121. The topological polar surface area (TPSA) is 37.3 Å². The summed E-state index contributed by atoms with van der Waals surface area (Å²) in [6, 6.07) is 5.57. The van der Waals surface area contributed by atoms with Crippen molar-refractivity contribution in [1.82, 2.24) is 0 Å². The highest BCUT2D eigenvalue weighted by Crippen LogP contribution is 2.03. The van der Waals surface area contributed by atoms with Crippen molar-refractivity contribution in [3.63, 3.8) is 0 Å². The standard InChI is InChI=1S/C8H7FO2.CH4/c9-7-3-1-2-6(4-7)5-8(10)11;/h1-4H,5H2,(H,10,11);1H4. The van der Waals surface area contributed by atoms with Crippen LogP contribution in [-0.2, 0) is 11.2 Å². The van der Waals surface area contributed by atoms with Gasteiger partial charge in [0.25, 0.3) is 0 Å². The van der Waals surface area contributed by atoms with Gasteiger partial charge in [-0.25, -0.2) is 4.39 Å². The molecule has 0 saturated heterocycles. The average Bonchev–Trinajstić information content (AvgIpc) is 1.85. The van der Waals surface area contributed by atoms with Crippen molar-refractivity contribution >= 4 is 5.97 Å². The summed E-state index contributed by atoms with van der Waals surface area (Å²) in [5.41, 5.74) is 0.484. The summed E-state index contributed by atoms with van der Waals surface area (Å²) in [5, 5.41) is 8.34. The van der Waals surface area contributed by atoms with Crippen LogP contribution in [0.25, 0.3) is 0 Å². The lowest BCUT2D eigenvalue weighted by Gasteiger charge is -1.94. The van der Waals surface area contributed by atoms with Crippen molar-refractivity contribution in [1.29, 1.82) is 0 Å². The van der Waals surface area contributed by atoms with E-state index in [-0.39, 0.29) is 13.8 Å². The van der Waals surface area contributed by atoms with Crippen LogP contribution < -0.4 is 0 Å². The van der Waals surface area contributed by atoms with E-state index in [1.807, 2.05) is 0 Å². The molecule has 0 bridgehead atoms. The Morgan fingerprint density at radius 2 is 2.17 bits per heavy atom. The first-order valence-corrected chi connectivity index (χ1v) is 3.15. The molecule has 0 atom stereocenters. The number of carboxylic acids is 1. The third-order valence-corrected chi connectivity index (χ3v) is 1.24. The van der Waals surface area contributed by atoms with Crippen LogP contribution in [0, 0.1) is 5.82 Å². The van der Waals surface area contributed by atoms with Crippen molar-refractivity contribution in [3.8, 4) is 0 Å². The third kappa shape index (κ3) is 3.14. The van der Waals surface area contributed by atoms with Gasteiger partial charge in [-0.1, -0.05) is 19.6 Å². The second kappa shape index (κ2) is 4.49. The van der Waals surface area contributed by atoms with Crippen LogP contribution in [0.1, 0.15) is 13.0 Å². The van der Waals surface area contributed by atoms with Gasteiger partial charge in [0.1, 0.15) is 5.82 Å². The van der Waals surface area contributed by atoms with E-state index in [4.69, 9.17) is 5.11 Å². The Hall–Kier alpha value is -1.38. The van der Waals surface area contributed by atoms with Gasteiger partial charge in [-0.2, -0.15) is 0 Å². The van der Waals surface area contributed by atoms with Crippen LogP contribution in [0.3, 0.4) is 0 Å². The summed E-state index contributed by atoms with van der Waals surface area (Å²) < 4.78 is 12.4. The SMILES string of the molecule is C.O=C(O)Cc1cccc(F)c1. The van der Waals surface area contributed by atoms with Crippen molar-refractivity contribution in [2.45, 2.75) is 13.8 Å². The Morgan fingerprint density at radius 1 is 1.50 bits per heavy atom. The number of aliphatic carboxylic acids is 1. The average molecular weight is 170 g/mol. The fraction of sp³-hybridized carbons (Fsp3) is 0.222. The number of rotatable bonds is 2. The molecule has 0 radical (unpaired) electrons. The molecule has 12 heavy (non-hydrogen) atoms. The number of hydrogen-bond acceptors (Lipinski definition) is 1. The molecule has 0 fully saturated rings. The first-order valence-electron chi connectivity index (χ1n) is 3.15. The molecular weight excluding hydrogens is 159 g/mol. The highest BCUT2D eigenvalue weighted by atomic mass is 19.1. The van der Waals surface area contributed by atoms with E-state index in [9.17, 15) is 9.18 Å². The third-order valence-electron chi connectivity index (χ3n) is 1.24. The first-order chi connectivity index (χ1) is 5.18. The Bertz CT molecular complexity index is 271. The fourth-order valence-corrected chi connectivity index (χ4v) is 0.822. The number of benzene rings is 1. The van der Waals surface area contributed by atoms with Gasteiger partial charge in [-0.05, 0) is 17.7 Å². The lowest BCUT2D eigenvalue weighted by Crippen LogP contribution is -1.99. The molecule has 66 valence electrons. The second-order valence-electron chi connectivity index (χ2n) is 2.20. The molecule has 1 N–H and O–H groups in total. The molecule has 0 aliphatic carbocycles. The van der Waals surface area contributed by atoms with Gasteiger partial charge < -0.3 is 5.11 Å². The van der Waals surface area contributed by atoms with Crippen LogP contribution in [0.15, 0.2) is 24.3 Å². The number of halogens is 1. The predicted molar refractivity (Wildman–Crippen MR) is 44.5 cm³/mol. The molecule has 0 aliphatic heterocycles. The van der Waals surface area contributed by atoms with Crippen molar-refractivity contribution in [2.75, 3.05) is 0 Å². The first kappa shape index (κ1) is 10.6. The zero-order valence-electron chi connectivity index (χ0n) is 5.75. The van der Waals surface area contributed by atoms with E-state index in [0.29, 0.717) is 5.56 Å². The van der Waals surface area contributed by atoms with Crippen molar-refractivity contribution in [2.24, 2.45) is 0 Å². The number of carbonyl (C=O) groups is 1. The van der Waals surface area contributed by atoms with Crippen LogP contribution in [-0.4, -0.2) is 11.1 Å². The Labute approximate surface area is 70.7 Å². The van der Waals surface area contributed by atoms with Crippen LogP contribution in [0.5, 0.6) is 0 Å². The summed E-state index contributed by atoms with van der Waals surface area (Å²) in [4.78, 5) is 10.2. The van der Waals surface area contributed by atoms with E-state index < -0.39 is 11.8 Å². The monoisotopic (exact) mass is 170 g/mol. The quantitative estimate of drug-likeness (QED) is 0.737. The van der Waals surface area contributed by atoms with Crippen molar-refractivity contribution < 1.29 is 14.3 Å². The van der Waals surface area contributed by atoms with Crippen molar-refractivity contribution in [3.05, 3.63) is 35.6 Å². The molecule has 2 nitrogen and oxygen atoms in total. The molecular formula is C9H11FO2. The molecule has 0 unspecified atom stereocenters. The second-order valence-corrected chi connectivity index (χ2v) is 2.20. The van der Waals surface area contributed by atoms with E-state index in [0.717, 1.165) is 0 Å². The van der Waals surface area contributed by atoms with Crippen LogP contribution in [0.2, 0.25) is 0 Å². The molecule has 0 heterocycles. The summed E-state index contributed by atoms with van der Waals surface area (Å²) in [5.74, 6) is -1.35. The molecule has 0 amide bonds. The van der Waals surface area contributed by atoms with E-state index in [1.165, 1.54) is 18.2 Å². The number of carboxylic acid groups (broad SMARTS) is 1. The van der Waals surface area contributed by atoms with E-state index in [2.05, 4.69) is 0 Å². The van der Waals surface area contributed by atoms with Gasteiger partial charge in [0.2, 0.25) is 0 Å². The highest BCUT2D eigenvalue weighted by molar-refractivity contribution is 5.70. The molecule has 1 rings (SSSR count). The van der Waals surface area contributed by atoms with Gasteiger partial charge in [0.05, 0.1) is 6.42 Å². The van der Waals surface area contributed by atoms with Gasteiger partial charge >= 0.3 is 5.97 Å². The van der Waals surface area contributed by atoms with E-state index in [1.54, 1.807) is 6.07 Å². The summed E-state index contributed by atoms with van der Waals surface area (Å²) in [6.45, 7) is 0. The molecule has 0 saturated carbocycles. The maximum Gasteiger partial charge on any atom is 0.307 e. The molecule has 3 heteroatoms. The van der Waals surface area contributed by atoms with Gasteiger partial charge in [0, 0.05) is 0 Å². The smallest absolute Gasteiger partial charge is 0.307 e. The highest BCUT2D eigenvalue weighted by Gasteiger charge is 1.99. The summed E-state index contributed by atoms with van der Waals surface area (Å²) >= 11 is 0. The molecule has 1 aromatic rings. The molecule has 1 aromatic carbocycles. The molecule has 0 spiro atoms. The minimum atomic E-state index is -0.949. The Kier molecular flexibility index (Phi) is 3.97.